The van der Waals surface area contributed by atoms with Crippen LogP contribution in [0, 0.1) is 0 Å². The van der Waals surface area contributed by atoms with Crippen LogP contribution in [-0.2, 0) is 14.4 Å². The monoisotopic (exact) mass is 339 g/mol. The molecule has 0 bridgehead atoms. The lowest BCUT2D eigenvalue weighted by Crippen LogP contribution is -2.38. The van der Waals surface area contributed by atoms with Crippen LogP contribution in [-0.4, -0.2) is 52.3 Å². The van der Waals surface area contributed by atoms with Gasteiger partial charge in [0.05, 0.1) is 23.3 Å². The summed E-state index contributed by atoms with van der Waals surface area (Å²) in [7, 11) is 1.36. The fraction of sp³-hybridized carbons (Fsp3) is 0.467. The number of hydrogen-bond acceptors (Lipinski definition) is 7. The highest BCUT2D eigenvalue weighted by Crippen LogP contribution is 2.51. The fourth-order valence-electron chi connectivity index (χ4n) is 2.68. The smallest absolute Gasteiger partial charge is 0.357 e. The molecule has 1 aromatic carbocycles. The first-order valence-electron chi connectivity index (χ1n) is 7.03. The van der Waals surface area contributed by atoms with Crippen LogP contribution in [0.2, 0.25) is 0 Å². The van der Waals surface area contributed by atoms with Crippen LogP contribution < -0.4 is 0 Å². The van der Waals surface area contributed by atoms with Gasteiger partial charge in [0.1, 0.15) is 6.04 Å². The van der Waals surface area contributed by atoms with Gasteiger partial charge in [0.25, 0.3) is 0 Å². The molecule has 2 fully saturated rings. The Kier molecular flexibility index (Phi) is 4.65. The second-order valence-electron chi connectivity index (χ2n) is 5.17. The van der Waals surface area contributed by atoms with Gasteiger partial charge in [-0.2, -0.15) is 0 Å². The number of carbonyl (C=O) groups excluding carboxylic acids is 2. The second kappa shape index (κ2) is 6.52. The Morgan fingerprint density at radius 2 is 1.91 bits per heavy atom. The highest BCUT2D eigenvalue weighted by atomic mass is 32.2. The van der Waals surface area contributed by atoms with E-state index >= 15 is 0 Å². The van der Waals surface area contributed by atoms with Crippen molar-refractivity contribution in [3.63, 3.8) is 0 Å². The number of nitrogens with zero attached hydrogens (tertiary/aromatic N) is 1. The Bertz CT molecular complexity index is 560. The van der Waals surface area contributed by atoms with Crippen LogP contribution in [0.15, 0.2) is 30.3 Å². The molecule has 118 valence electrons. The van der Waals surface area contributed by atoms with Crippen LogP contribution in [0.4, 0.5) is 0 Å². The van der Waals surface area contributed by atoms with Crippen molar-refractivity contribution in [2.45, 2.75) is 16.5 Å². The summed E-state index contributed by atoms with van der Waals surface area (Å²) in [6, 6.07) is 8.26. The molecule has 1 spiro atoms. The first kappa shape index (κ1) is 15.7. The Labute approximate surface area is 137 Å². The minimum atomic E-state index is -0.532. The lowest BCUT2D eigenvalue weighted by molar-refractivity contribution is -0.166. The van der Waals surface area contributed by atoms with Crippen LogP contribution in [0.5, 0.6) is 0 Å². The molecule has 22 heavy (non-hydrogen) atoms. The zero-order chi connectivity index (χ0) is 15.6. The molecule has 2 aliphatic rings. The zero-order valence-electron chi connectivity index (χ0n) is 12.2. The largest absolute Gasteiger partial charge is 0.468 e. The highest BCUT2D eigenvalue weighted by molar-refractivity contribution is 8.21. The molecule has 2 heterocycles. The summed E-state index contributed by atoms with van der Waals surface area (Å²) < 4.78 is 4.79. The van der Waals surface area contributed by atoms with Gasteiger partial charge in [-0.1, -0.05) is 18.2 Å². The number of methoxy groups -OCH3 is 1. The average molecular weight is 339 g/mol. The first-order valence-corrected chi connectivity index (χ1v) is 9.00. The van der Waals surface area contributed by atoms with Crippen molar-refractivity contribution in [3.8, 4) is 0 Å². The third-order valence-corrected chi connectivity index (χ3v) is 7.17. The van der Waals surface area contributed by atoms with E-state index in [9.17, 15) is 9.59 Å². The number of esters is 1. The molecule has 0 unspecified atom stereocenters. The van der Waals surface area contributed by atoms with E-state index in [2.05, 4.69) is 0 Å². The van der Waals surface area contributed by atoms with Gasteiger partial charge in [-0.25, -0.2) is 4.79 Å². The molecule has 0 aromatic heterocycles. The molecular formula is C15H17NO4S2. The topological polar surface area (TPSA) is 55.8 Å². The standard InChI is InChI=1S/C15H17NO4S2/c1-19-14(18)12-9-15(21-7-8-22-15)10-16(12)20-13(17)11-5-3-2-4-6-11/h2-6,12H,7-10H2,1H3/t12-/m0/s1. The van der Waals surface area contributed by atoms with Gasteiger partial charge in [0, 0.05) is 17.9 Å². The van der Waals surface area contributed by atoms with Crippen LogP contribution in [0.3, 0.4) is 0 Å². The molecule has 1 atom stereocenters. The van der Waals surface area contributed by atoms with Gasteiger partial charge in [0.15, 0.2) is 0 Å². The van der Waals surface area contributed by atoms with E-state index in [0.29, 0.717) is 18.5 Å². The summed E-state index contributed by atoms with van der Waals surface area (Å²) in [6.45, 7) is 0.542. The van der Waals surface area contributed by atoms with Gasteiger partial charge in [-0.3, -0.25) is 4.79 Å². The molecule has 0 saturated carbocycles. The predicted octanol–water partition coefficient (Wildman–Crippen LogP) is 2.18. The third-order valence-electron chi connectivity index (χ3n) is 3.75. The van der Waals surface area contributed by atoms with Gasteiger partial charge in [-0.05, 0) is 12.1 Å². The Morgan fingerprint density at radius 3 is 2.55 bits per heavy atom. The maximum absolute atomic E-state index is 12.2. The highest BCUT2D eigenvalue weighted by Gasteiger charge is 2.52. The van der Waals surface area contributed by atoms with E-state index in [-0.39, 0.29) is 10.0 Å². The van der Waals surface area contributed by atoms with Crippen molar-refractivity contribution < 1.29 is 19.2 Å². The number of carbonyl (C=O) groups is 2. The Hall–Kier alpha value is -1.18. The van der Waals surface area contributed by atoms with Crippen LogP contribution in [0.1, 0.15) is 16.8 Å². The summed E-state index contributed by atoms with van der Waals surface area (Å²) >= 11 is 3.67. The van der Waals surface area contributed by atoms with Crippen LogP contribution >= 0.6 is 23.5 Å². The maximum Gasteiger partial charge on any atom is 0.357 e. The number of hydrogen-bond donors (Lipinski definition) is 0. The summed E-state index contributed by atoms with van der Waals surface area (Å²) in [5.41, 5.74) is 0.471. The van der Waals surface area contributed by atoms with Gasteiger partial charge < -0.3 is 9.57 Å². The molecule has 7 heteroatoms. The lowest BCUT2D eigenvalue weighted by Gasteiger charge is -2.22. The molecule has 3 rings (SSSR count). The Morgan fingerprint density at radius 1 is 1.23 bits per heavy atom. The predicted molar refractivity (Wildman–Crippen MR) is 86.6 cm³/mol. The molecule has 2 saturated heterocycles. The van der Waals surface area contributed by atoms with Crippen LogP contribution in [0.25, 0.3) is 0 Å². The zero-order valence-corrected chi connectivity index (χ0v) is 13.8. The number of thioether (sulfide) groups is 2. The van der Waals surface area contributed by atoms with Crippen molar-refractivity contribution >= 4 is 35.5 Å². The summed E-state index contributed by atoms with van der Waals surface area (Å²) in [6.07, 6.45) is 0.636. The van der Waals surface area contributed by atoms with E-state index in [1.807, 2.05) is 29.6 Å². The van der Waals surface area contributed by atoms with E-state index in [1.165, 1.54) is 12.2 Å². The van der Waals surface area contributed by atoms with Gasteiger partial charge in [0.2, 0.25) is 0 Å². The molecule has 5 nitrogen and oxygen atoms in total. The number of ether oxygens (including phenoxy) is 1. The number of rotatable bonds is 3. The number of hydroxylamine groups is 2. The van der Waals surface area contributed by atoms with E-state index < -0.39 is 12.0 Å². The number of benzene rings is 1. The minimum absolute atomic E-state index is 0.0736. The summed E-state index contributed by atoms with van der Waals surface area (Å²) in [5, 5.41) is 1.49. The maximum atomic E-state index is 12.2. The lowest BCUT2D eigenvalue weighted by atomic mass is 10.2. The molecule has 2 aliphatic heterocycles. The molecular weight excluding hydrogens is 322 g/mol. The molecule has 1 aromatic rings. The van der Waals surface area contributed by atoms with Crippen molar-refractivity contribution in [1.82, 2.24) is 5.06 Å². The summed E-state index contributed by atoms with van der Waals surface area (Å²) in [5.74, 6) is 1.31. The second-order valence-corrected chi connectivity index (χ2v) is 8.39. The minimum Gasteiger partial charge on any atom is -0.468 e. The third kappa shape index (κ3) is 3.11. The fourth-order valence-corrected chi connectivity index (χ4v) is 5.91. The van der Waals surface area contributed by atoms with Crippen molar-refractivity contribution in [2.75, 3.05) is 25.2 Å². The van der Waals surface area contributed by atoms with Gasteiger partial charge >= 0.3 is 11.9 Å². The van der Waals surface area contributed by atoms with Crippen molar-refractivity contribution in [2.24, 2.45) is 0 Å². The SMILES string of the molecule is COC(=O)[C@@H]1CC2(CN1OC(=O)c1ccccc1)SCCS2. The van der Waals surface area contributed by atoms with E-state index in [0.717, 1.165) is 11.5 Å². The van der Waals surface area contributed by atoms with Crippen molar-refractivity contribution in [1.29, 1.82) is 0 Å². The summed E-state index contributed by atoms with van der Waals surface area (Å²) in [4.78, 5) is 29.7. The van der Waals surface area contributed by atoms with E-state index in [4.69, 9.17) is 9.57 Å². The normalized spacial score (nSPS) is 23.6. The molecule has 0 N–H and O–H groups in total. The molecule has 0 radical (unpaired) electrons. The first-order chi connectivity index (χ1) is 10.6. The van der Waals surface area contributed by atoms with E-state index in [1.54, 1.807) is 24.3 Å². The quantitative estimate of drug-likeness (QED) is 0.782. The van der Waals surface area contributed by atoms with Gasteiger partial charge in [-0.15, -0.1) is 28.6 Å². The average Bonchev–Trinajstić information content (AvgIpc) is 3.15. The molecule has 0 amide bonds. The van der Waals surface area contributed by atoms with Crippen molar-refractivity contribution in [3.05, 3.63) is 35.9 Å². The Balaban J connectivity index is 1.75. The molecule has 0 aliphatic carbocycles.